The average Bonchev–Trinajstić information content (AvgIpc) is 2.43. The quantitative estimate of drug-likeness (QED) is 0.791. The van der Waals surface area contributed by atoms with Crippen molar-refractivity contribution in [2.24, 2.45) is 0 Å². The standard InChI is InChI=1S/C15H19NO3/c1-3-13-10-12(6-5-9-17)7-8-14(13)16-15(18)11-19-4-2/h7-8,10,17H,3-4,9,11H2,1-2H3,(H,16,18). The number of rotatable bonds is 5. The third-order valence-electron chi connectivity index (χ3n) is 2.51. The van der Waals surface area contributed by atoms with Crippen LogP contribution in [0.1, 0.15) is 25.0 Å². The van der Waals surface area contributed by atoms with Gasteiger partial charge in [-0.15, -0.1) is 0 Å². The van der Waals surface area contributed by atoms with Gasteiger partial charge in [0.05, 0.1) is 0 Å². The van der Waals surface area contributed by atoms with Crippen LogP contribution in [0, 0.1) is 11.8 Å². The number of amides is 1. The Kier molecular flexibility index (Phi) is 6.65. The molecule has 1 rings (SSSR count). The van der Waals surface area contributed by atoms with E-state index in [-0.39, 0.29) is 19.1 Å². The smallest absolute Gasteiger partial charge is 0.250 e. The Labute approximate surface area is 113 Å². The van der Waals surface area contributed by atoms with Gasteiger partial charge in [-0.1, -0.05) is 18.8 Å². The van der Waals surface area contributed by atoms with Gasteiger partial charge in [0.2, 0.25) is 5.91 Å². The highest BCUT2D eigenvalue weighted by Gasteiger charge is 2.06. The van der Waals surface area contributed by atoms with Crippen molar-refractivity contribution in [2.45, 2.75) is 20.3 Å². The second-order valence-electron chi connectivity index (χ2n) is 3.87. The number of anilines is 1. The molecule has 19 heavy (non-hydrogen) atoms. The van der Waals surface area contributed by atoms with Crippen LogP contribution in [0.15, 0.2) is 18.2 Å². The summed E-state index contributed by atoms with van der Waals surface area (Å²) in [5.74, 6) is 5.29. The van der Waals surface area contributed by atoms with E-state index in [0.717, 1.165) is 23.2 Å². The first kappa shape index (κ1) is 15.2. The number of ether oxygens (including phenoxy) is 1. The highest BCUT2D eigenvalue weighted by Crippen LogP contribution is 2.18. The summed E-state index contributed by atoms with van der Waals surface area (Å²) in [5.41, 5.74) is 2.62. The lowest BCUT2D eigenvalue weighted by molar-refractivity contribution is -0.120. The number of carbonyl (C=O) groups is 1. The van der Waals surface area contributed by atoms with Gasteiger partial charge in [-0.3, -0.25) is 4.79 Å². The molecular formula is C15H19NO3. The van der Waals surface area contributed by atoms with Crippen molar-refractivity contribution in [3.8, 4) is 11.8 Å². The first-order valence-electron chi connectivity index (χ1n) is 6.31. The van der Waals surface area contributed by atoms with Crippen molar-refractivity contribution in [1.82, 2.24) is 0 Å². The number of hydrogen-bond donors (Lipinski definition) is 2. The van der Waals surface area contributed by atoms with Crippen LogP contribution in [0.4, 0.5) is 5.69 Å². The van der Waals surface area contributed by atoms with Crippen molar-refractivity contribution in [1.29, 1.82) is 0 Å². The monoisotopic (exact) mass is 261 g/mol. The largest absolute Gasteiger partial charge is 0.384 e. The molecular weight excluding hydrogens is 242 g/mol. The minimum Gasteiger partial charge on any atom is -0.384 e. The van der Waals surface area contributed by atoms with Gasteiger partial charge in [-0.05, 0) is 37.1 Å². The zero-order chi connectivity index (χ0) is 14.1. The average molecular weight is 261 g/mol. The number of hydrogen-bond acceptors (Lipinski definition) is 3. The molecule has 0 fully saturated rings. The molecule has 1 aromatic carbocycles. The molecule has 0 atom stereocenters. The molecule has 0 spiro atoms. The van der Waals surface area contributed by atoms with Gasteiger partial charge in [0.1, 0.15) is 13.2 Å². The maximum Gasteiger partial charge on any atom is 0.250 e. The fourth-order valence-electron chi connectivity index (χ4n) is 1.61. The lowest BCUT2D eigenvalue weighted by Crippen LogP contribution is -2.19. The Morgan fingerprint density at radius 3 is 2.84 bits per heavy atom. The van der Waals surface area contributed by atoms with Crippen molar-refractivity contribution in [3.63, 3.8) is 0 Å². The van der Waals surface area contributed by atoms with Gasteiger partial charge in [-0.25, -0.2) is 0 Å². The Morgan fingerprint density at radius 2 is 2.21 bits per heavy atom. The molecule has 4 heteroatoms. The fourth-order valence-corrected chi connectivity index (χ4v) is 1.61. The Hall–Kier alpha value is -1.83. The molecule has 2 N–H and O–H groups in total. The molecule has 4 nitrogen and oxygen atoms in total. The zero-order valence-corrected chi connectivity index (χ0v) is 11.3. The van der Waals surface area contributed by atoms with E-state index < -0.39 is 0 Å². The number of carbonyl (C=O) groups excluding carboxylic acids is 1. The Balaban J connectivity index is 2.81. The molecule has 0 unspecified atom stereocenters. The van der Waals surface area contributed by atoms with E-state index in [1.54, 1.807) is 0 Å². The molecule has 0 aliphatic rings. The first-order chi connectivity index (χ1) is 9.21. The van der Waals surface area contributed by atoms with E-state index in [2.05, 4.69) is 17.2 Å². The van der Waals surface area contributed by atoms with Crippen LogP contribution in [-0.4, -0.2) is 30.8 Å². The number of aryl methyl sites for hydroxylation is 1. The third-order valence-corrected chi connectivity index (χ3v) is 2.51. The van der Waals surface area contributed by atoms with Gasteiger partial charge >= 0.3 is 0 Å². The lowest BCUT2D eigenvalue weighted by atomic mass is 10.1. The van der Waals surface area contributed by atoms with Gasteiger partial charge in [-0.2, -0.15) is 0 Å². The summed E-state index contributed by atoms with van der Waals surface area (Å²) in [6.45, 7) is 4.28. The van der Waals surface area contributed by atoms with E-state index in [4.69, 9.17) is 9.84 Å². The number of benzene rings is 1. The highest BCUT2D eigenvalue weighted by atomic mass is 16.5. The summed E-state index contributed by atoms with van der Waals surface area (Å²) < 4.78 is 5.06. The summed E-state index contributed by atoms with van der Waals surface area (Å²) in [5, 5.41) is 11.5. The number of aliphatic hydroxyl groups excluding tert-OH is 1. The number of aliphatic hydroxyl groups is 1. The van der Waals surface area contributed by atoms with Crippen LogP contribution in [-0.2, 0) is 16.0 Å². The van der Waals surface area contributed by atoms with E-state index in [9.17, 15) is 4.79 Å². The summed E-state index contributed by atoms with van der Waals surface area (Å²) >= 11 is 0. The van der Waals surface area contributed by atoms with Crippen LogP contribution in [0.5, 0.6) is 0 Å². The molecule has 1 aromatic rings. The van der Waals surface area contributed by atoms with Crippen LogP contribution >= 0.6 is 0 Å². The molecule has 0 aliphatic carbocycles. The summed E-state index contributed by atoms with van der Waals surface area (Å²) in [4.78, 5) is 11.6. The van der Waals surface area contributed by atoms with Crippen LogP contribution in [0.2, 0.25) is 0 Å². The van der Waals surface area contributed by atoms with Crippen molar-refractivity contribution < 1.29 is 14.6 Å². The molecule has 0 saturated heterocycles. The molecule has 0 aromatic heterocycles. The fraction of sp³-hybridized carbons (Fsp3) is 0.400. The van der Waals surface area contributed by atoms with E-state index >= 15 is 0 Å². The van der Waals surface area contributed by atoms with Crippen LogP contribution < -0.4 is 5.32 Å². The highest BCUT2D eigenvalue weighted by molar-refractivity contribution is 5.92. The minimum atomic E-state index is -0.161. The maximum absolute atomic E-state index is 11.6. The predicted molar refractivity (Wildman–Crippen MR) is 74.9 cm³/mol. The molecule has 0 saturated carbocycles. The van der Waals surface area contributed by atoms with E-state index in [0.29, 0.717) is 6.61 Å². The maximum atomic E-state index is 11.6. The minimum absolute atomic E-state index is 0.0612. The van der Waals surface area contributed by atoms with Gasteiger partial charge in [0, 0.05) is 17.9 Å². The second kappa shape index (κ2) is 8.30. The summed E-state index contributed by atoms with van der Waals surface area (Å²) in [6, 6.07) is 5.56. The van der Waals surface area contributed by atoms with Crippen LogP contribution in [0.3, 0.4) is 0 Å². The predicted octanol–water partition coefficient (Wildman–Crippen LogP) is 1.57. The molecule has 0 bridgehead atoms. The summed E-state index contributed by atoms with van der Waals surface area (Å²) in [7, 11) is 0. The normalized spacial score (nSPS) is 9.63. The number of nitrogens with one attached hydrogen (secondary N) is 1. The molecule has 0 aliphatic heterocycles. The SMILES string of the molecule is CCOCC(=O)Nc1ccc(C#CCO)cc1CC. The van der Waals surface area contributed by atoms with Gasteiger partial charge in [0.15, 0.2) is 0 Å². The molecule has 1 amide bonds. The molecule has 102 valence electrons. The second-order valence-corrected chi connectivity index (χ2v) is 3.87. The zero-order valence-electron chi connectivity index (χ0n) is 11.3. The van der Waals surface area contributed by atoms with Crippen molar-refractivity contribution in [2.75, 3.05) is 25.1 Å². The third kappa shape index (κ3) is 5.12. The lowest BCUT2D eigenvalue weighted by Gasteiger charge is -2.10. The van der Waals surface area contributed by atoms with E-state index in [1.807, 2.05) is 32.0 Å². The Morgan fingerprint density at radius 1 is 1.42 bits per heavy atom. The van der Waals surface area contributed by atoms with Crippen molar-refractivity contribution in [3.05, 3.63) is 29.3 Å². The summed E-state index contributed by atoms with van der Waals surface area (Å²) in [6.07, 6.45) is 0.791. The van der Waals surface area contributed by atoms with Crippen molar-refractivity contribution >= 4 is 11.6 Å². The van der Waals surface area contributed by atoms with Crippen LogP contribution in [0.25, 0.3) is 0 Å². The Bertz CT molecular complexity index is 486. The topological polar surface area (TPSA) is 58.6 Å². The van der Waals surface area contributed by atoms with E-state index in [1.165, 1.54) is 0 Å². The first-order valence-corrected chi connectivity index (χ1v) is 6.31. The van der Waals surface area contributed by atoms with Gasteiger partial charge < -0.3 is 15.2 Å². The molecule has 0 radical (unpaired) electrons. The molecule has 0 heterocycles. The van der Waals surface area contributed by atoms with Gasteiger partial charge in [0.25, 0.3) is 0 Å².